The summed E-state index contributed by atoms with van der Waals surface area (Å²) in [7, 11) is 0. The van der Waals surface area contributed by atoms with Gasteiger partial charge in [0.2, 0.25) is 0 Å². The van der Waals surface area contributed by atoms with Gasteiger partial charge in [-0.3, -0.25) is 0 Å². The summed E-state index contributed by atoms with van der Waals surface area (Å²) in [5.74, 6) is -3.40. The molecule has 12 heteroatoms. The second kappa shape index (κ2) is 16.8. The van der Waals surface area contributed by atoms with Crippen molar-refractivity contribution in [2.24, 2.45) is 0 Å². The molecule has 0 aliphatic heterocycles. The van der Waals surface area contributed by atoms with Crippen LogP contribution in [0.1, 0.15) is 141 Å². The average Bonchev–Trinajstić information content (AvgIpc) is 3.08. The van der Waals surface area contributed by atoms with Crippen molar-refractivity contribution in [2.75, 3.05) is 0 Å². The maximum atomic E-state index is 12.7. The quantitative estimate of drug-likeness (QED) is 0.0953. The number of carboxylic acid groups (broad SMARTS) is 4. The smallest absolute Gasteiger partial charge is 0.335 e. The molecular formula is C44H48O12. The molecule has 0 saturated heterocycles. The Balaban J connectivity index is 2.01. The summed E-state index contributed by atoms with van der Waals surface area (Å²) in [5.41, 5.74) is 3.25. The predicted octanol–water partition coefficient (Wildman–Crippen LogP) is 8.30. The van der Waals surface area contributed by atoms with Gasteiger partial charge in [-0.15, -0.1) is 0 Å². The lowest BCUT2D eigenvalue weighted by molar-refractivity contribution is 0.0685. The predicted molar refractivity (Wildman–Crippen MR) is 208 cm³/mol. The molecule has 4 aromatic carbocycles. The minimum atomic E-state index is -1.21. The lowest BCUT2D eigenvalue weighted by Crippen LogP contribution is -2.17. The third-order valence-corrected chi connectivity index (χ3v) is 8.90. The molecule has 0 atom stereocenters. The zero-order chi connectivity index (χ0) is 41.2. The highest BCUT2D eigenvalue weighted by Gasteiger charge is 2.27. The largest absolute Gasteiger partial charge is 0.490 e. The molecule has 0 unspecified atom stereocenters. The fourth-order valence-electron chi connectivity index (χ4n) is 6.93. The van der Waals surface area contributed by atoms with Crippen LogP contribution in [-0.4, -0.2) is 68.7 Å². The summed E-state index contributed by atoms with van der Waals surface area (Å²) < 4.78 is 25.8. The van der Waals surface area contributed by atoms with Crippen LogP contribution in [0.4, 0.5) is 0 Å². The van der Waals surface area contributed by atoms with Gasteiger partial charge in [0.25, 0.3) is 0 Å². The van der Waals surface area contributed by atoms with Crippen LogP contribution in [0.2, 0.25) is 0 Å². The molecule has 0 heterocycles. The molecule has 0 fully saturated rings. The van der Waals surface area contributed by atoms with E-state index in [4.69, 9.17) is 18.9 Å². The van der Waals surface area contributed by atoms with E-state index in [9.17, 15) is 39.6 Å². The Bertz CT molecular complexity index is 1790. The maximum Gasteiger partial charge on any atom is 0.335 e. The van der Waals surface area contributed by atoms with E-state index in [1.807, 2.05) is 55.4 Å². The SMILES string of the molecule is CC(C)Oc1c2cc(C(=O)O)cc1Cc1cc(C(=O)O)cc(c1OC(C)C)Cc1cc(C(=O)O)cc(c1OC(C)C)Cc1cc(C(=O)O)cc(c1OC(C)C)C2. The second-order valence-electron chi connectivity index (χ2n) is 15.1. The molecule has 56 heavy (non-hydrogen) atoms. The second-order valence-corrected chi connectivity index (χ2v) is 15.1. The molecule has 4 N–H and O–H groups in total. The highest BCUT2D eigenvalue weighted by Crippen LogP contribution is 2.41. The molecule has 0 amide bonds. The van der Waals surface area contributed by atoms with Gasteiger partial charge in [-0.2, -0.15) is 0 Å². The average molecular weight is 769 g/mol. The zero-order valence-electron chi connectivity index (χ0n) is 32.8. The Labute approximate surface area is 325 Å². The maximum absolute atomic E-state index is 12.7. The first-order valence-electron chi connectivity index (χ1n) is 18.5. The van der Waals surface area contributed by atoms with Crippen molar-refractivity contribution in [3.8, 4) is 23.0 Å². The Hall–Kier alpha value is -6.04. The zero-order valence-corrected chi connectivity index (χ0v) is 32.8. The number of fused-ring (bicyclic) bond motifs is 8. The number of hydrogen-bond donors (Lipinski definition) is 4. The third kappa shape index (κ3) is 9.42. The van der Waals surface area contributed by atoms with Crippen molar-refractivity contribution in [1.29, 1.82) is 0 Å². The van der Waals surface area contributed by atoms with E-state index in [0.29, 0.717) is 67.5 Å². The Kier molecular flexibility index (Phi) is 12.3. The first kappa shape index (κ1) is 41.1. The molecule has 0 radical (unpaired) electrons. The molecule has 0 aromatic heterocycles. The van der Waals surface area contributed by atoms with Crippen molar-refractivity contribution in [3.63, 3.8) is 0 Å². The van der Waals surface area contributed by atoms with Crippen LogP contribution >= 0.6 is 0 Å². The number of benzene rings is 4. The molecule has 5 rings (SSSR count). The minimum absolute atomic E-state index is 0.0160. The first-order valence-corrected chi connectivity index (χ1v) is 18.5. The minimum Gasteiger partial charge on any atom is -0.490 e. The van der Waals surface area contributed by atoms with Crippen molar-refractivity contribution in [1.82, 2.24) is 0 Å². The standard InChI is InChI=1S/C44H48O12/c1-21(2)53-37-25-9-27-15-34(42(47)48)17-29(38(27)54-22(3)4)11-31-19-36(44(51)52)20-32(40(31)56-24(7)8)12-30-18-35(43(49)50)16-28(39(30)55-23(5)6)10-26(37)14-33(13-25)41(45)46/h13-24H,9-12H2,1-8H3,(H,45,46)(H,47,48)(H,49,50)(H,51,52). The normalized spacial score (nSPS) is 12.5. The van der Waals surface area contributed by atoms with Gasteiger partial charge in [0.15, 0.2) is 0 Å². The number of hydrogen-bond acceptors (Lipinski definition) is 8. The Morgan fingerprint density at radius 1 is 0.357 bits per heavy atom. The molecule has 296 valence electrons. The van der Waals surface area contributed by atoms with E-state index in [0.717, 1.165) is 0 Å². The summed E-state index contributed by atoms with van der Waals surface area (Å²) >= 11 is 0. The molecule has 4 aromatic rings. The van der Waals surface area contributed by atoms with Gasteiger partial charge in [0.1, 0.15) is 23.0 Å². The van der Waals surface area contributed by atoms with Gasteiger partial charge in [-0.1, -0.05) is 0 Å². The fourth-order valence-corrected chi connectivity index (χ4v) is 6.93. The molecular weight excluding hydrogens is 720 g/mol. The van der Waals surface area contributed by atoms with E-state index in [1.165, 1.54) is 48.5 Å². The van der Waals surface area contributed by atoms with Gasteiger partial charge < -0.3 is 39.4 Å². The van der Waals surface area contributed by atoms with Crippen LogP contribution in [0.3, 0.4) is 0 Å². The van der Waals surface area contributed by atoms with Crippen LogP contribution in [-0.2, 0) is 25.7 Å². The number of rotatable bonds is 12. The molecule has 12 nitrogen and oxygen atoms in total. The Morgan fingerprint density at radius 2 is 0.500 bits per heavy atom. The molecule has 1 aliphatic carbocycles. The highest BCUT2D eigenvalue weighted by atomic mass is 16.5. The fraction of sp³-hybridized carbons (Fsp3) is 0.364. The van der Waals surface area contributed by atoms with E-state index in [1.54, 1.807) is 0 Å². The molecule has 0 saturated carbocycles. The van der Waals surface area contributed by atoms with Crippen molar-refractivity contribution < 1.29 is 58.6 Å². The van der Waals surface area contributed by atoms with Crippen molar-refractivity contribution in [3.05, 3.63) is 115 Å². The van der Waals surface area contributed by atoms with Crippen LogP contribution in [0.15, 0.2) is 48.5 Å². The summed E-state index contributed by atoms with van der Waals surface area (Å²) in [5, 5.41) is 41.4. The molecule has 1 aliphatic rings. The van der Waals surface area contributed by atoms with Gasteiger partial charge in [0, 0.05) is 25.7 Å². The number of ether oxygens (including phenoxy) is 4. The van der Waals surface area contributed by atoms with E-state index < -0.39 is 23.9 Å². The summed E-state index contributed by atoms with van der Waals surface area (Å²) in [4.78, 5) is 50.7. The van der Waals surface area contributed by atoms with Gasteiger partial charge in [-0.25, -0.2) is 19.2 Å². The van der Waals surface area contributed by atoms with E-state index >= 15 is 0 Å². The Morgan fingerprint density at radius 3 is 0.607 bits per heavy atom. The third-order valence-electron chi connectivity index (χ3n) is 8.90. The summed E-state index contributed by atoms with van der Waals surface area (Å²) in [6, 6.07) is 11.9. The molecule has 0 spiro atoms. The van der Waals surface area contributed by atoms with E-state index in [2.05, 4.69) is 0 Å². The lowest BCUT2D eigenvalue weighted by atomic mass is 9.88. The first-order chi connectivity index (χ1) is 26.3. The lowest BCUT2D eigenvalue weighted by Gasteiger charge is -2.26. The monoisotopic (exact) mass is 768 g/mol. The van der Waals surface area contributed by atoms with Crippen LogP contribution in [0.25, 0.3) is 0 Å². The van der Waals surface area contributed by atoms with Crippen molar-refractivity contribution in [2.45, 2.75) is 105 Å². The van der Waals surface area contributed by atoms with Gasteiger partial charge in [0.05, 0.1) is 46.7 Å². The number of carboxylic acids is 4. The van der Waals surface area contributed by atoms with Crippen LogP contribution in [0.5, 0.6) is 23.0 Å². The van der Waals surface area contributed by atoms with E-state index in [-0.39, 0.29) is 72.4 Å². The van der Waals surface area contributed by atoms with Crippen LogP contribution in [0, 0.1) is 0 Å². The summed E-state index contributed by atoms with van der Waals surface area (Å²) in [6.45, 7) is 14.6. The van der Waals surface area contributed by atoms with Gasteiger partial charge >= 0.3 is 23.9 Å². The topological polar surface area (TPSA) is 186 Å². The molecule has 8 bridgehead atoms. The highest BCUT2D eigenvalue weighted by molar-refractivity contribution is 5.91. The summed E-state index contributed by atoms with van der Waals surface area (Å²) in [6.07, 6.45) is -1.56. The van der Waals surface area contributed by atoms with Gasteiger partial charge in [-0.05, 0) is 148 Å². The van der Waals surface area contributed by atoms with Crippen molar-refractivity contribution >= 4 is 23.9 Å². The number of carbonyl (C=O) groups is 4. The number of aromatic carboxylic acids is 4. The van der Waals surface area contributed by atoms with Crippen LogP contribution < -0.4 is 18.9 Å².